The van der Waals surface area contributed by atoms with Crippen LogP contribution >= 0.6 is 23.2 Å². The monoisotopic (exact) mass is 378 g/mol. The Kier molecular flexibility index (Phi) is 7.32. The molecule has 0 atom stereocenters. The first-order valence-electron chi connectivity index (χ1n) is 7.32. The molecule has 1 amide bonds. The first kappa shape index (κ1) is 18.8. The topological polar surface area (TPSA) is 59.9 Å². The van der Waals surface area contributed by atoms with Crippen LogP contribution in [0.1, 0.15) is 5.56 Å². The molecule has 2 aromatic rings. The second-order valence-corrected chi connectivity index (χ2v) is 5.70. The minimum atomic E-state index is -0.328. The highest BCUT2D eigenvalue weighted by atomic mass is 35.5. The van der Waals surface area contributed by atoms with E-state index in [0.29, 0.717) is 33.7 Å². The number of carbonyl (C=O) groups excluding carboxylic acids is 1. The number of nitrogens with one attached hydrogen (secondary N) is 1. The number of carbonyl (C=O) groups is 1. The molecule has 0 bridgehead atoms. The molecule has 0 saturated heterocycles. The smallest absolute Gasteiger partial charge is 0.265 e. The zero-order valence-electron chi connectivity index (χ0n) is 13.2. The number of anilines is 1. The lowest BCUT2D eigenvalue weighted by molar-refractivity contribution is -0.120. The highest BCUT2D eigenvalue weighted by molar-refractivity contribution is 6.32. The number of ether oxygens (including phenoxy) is 1. The van der Waals surface area contributed by atoms with E-state index in [1.165, 1.54) is 6.21 Å². The Morgan fingerprint density at radius 2 is 1.96 bits per heavy atom. The lowest BCUT2D eigenvalue weighted by atomic mass is 10.2. The van der Waals surface area contributed by atoms with Crippen LogP contribution in [0.4, 0.5) is 5.69 Å². The molecule has 0 fully saturated rings. The van der Waals surface area contributed by atoms with Gasteiger partial charge in [-0.05, 0) is 48.0 Å². The predicted octanol–water partition coefficient (Wildman–Crippen LogP) is 4.55. The van der Waals surface area contributed by atoms with E-state index in [1.807, 2.05) is 0 Å². The zero-order chi connectivity index (χ0) is 18.1. The van der Waals surface area contributed by atoms with Crippen LogP contribution < -0.4 is 10.1 Å². The summed E-state index contributed by atoms with van der Waals surface area (Å²) in [7, 11) is 0. The molecule has 0 radical (unpaired) electrons. The molecule has 0 aliphatic rings. The maximum absolute atomic E-state index is 11.7. The maximum atomic E-state index is 11.7. The van der Waals surface area contributed by atoms with Crippen LogP contribution in [0.15, 0.2) is 60.3 Å². The molecule has 0 saturated carbocycles. The number of halogens is 2. The molecule has 7 heteroatoms. The fraction of sp³-hybridized carbons (Fsp3) is 0.111. The summed E-state index contributed by atoms with van der Waals surface area (Å²) in [5, 5.41) is 7.46. The SMILES string of the molecule is C=CCOc1ccc(/C=N/OCC(=O)Nc2ccc(Cl)cc2)cc1Cl. The summed E-state index contributed by atoms with van der Waals surface area (Å²) in [6, 6.07) is 11.9. The van der Waals surface area contributed by atoms with E-state index in [4.69, 9.17) is 32.8 Å². The lowest BCUT2D eigenvalue weighted by Gasteiger charge is -2.06. The van der Waals surface area contributed by atoms with Gasteiger partial charge in [0.05, 0.1) is 11.2 Å². The van der Waals surface area contributed by atoms with Gasteiger partial charge in [-0.1, -0.05) is 41.0 Å². The molecule has 5 nitrogen and oxygen atoms in total. The van der Waals surface area contributed by atoms with Crippen LogP contribution in [-0.2, 0) is 9.63 Å². The van der Waals surface area contributed by atoms with Gasteiger partial charge in [0.1, 0.15) is 12.4 Å². The van der Waals surface area contributed by atoms with Crippen molar-refractivity contribution in [3.63, 3.8) is 0 Å². The fourth-order valence-corrected chi connectivity index (χ4v) is 2.16. The Morgan fingerprint density at radius 1 is 1.20 bits per heavy atom. The molecule has 0 spiro atoms. The minimum absolute atomic E-state index is 0.215. The third kappa shape index (κ3) is 6.49. The molecular weight excluding hydrogens is 363 g/mol. The first-order chi connectivity index (χ1) is 12.1. The average molecular weight is 379 g/mol. The van der Waals surface area contributed by atoms with Crippen molar-refractivity contribution in [3.05, 3.63) is 70.7 Å². The minimum Gasteiger partial charge on any atom is -0.488 e. The summed E-state index contributed by atoms with van der Waals surface area (Å²) in [6.07, 6.45) is 3.09. The molecule has 2 rings (SSSR count). The standard InChI is InChI=1S/C18H16Cl2N2O3/c1-2-9-24-17-8-3-13(10-16(17)20)11-21-25-12-18(23)22-15-6-4-14(19)5-7-15/h2-8,10-11H,1,9,12H2,(H,22,23)/b21-11+. The zero-order valence-corrected chi connectivity index (χ0v) is 14.8. The van der Waals surface area contributed by atoms with Crippen LogP contribution in [-0.4, -0.2) is 25.3 Å². The first-order valence-corrected chi connectivity index (χ1v) is 8.08. The largest absolute Gasteiger partial charge is 0.488 e. The number of rotatable bonds is 8. The van der Waals surface area contributed by atoms with Gasteiger partial charge >= 0.3 is 0 Å². The van der Waals surface area contributed by atoms with Gasteiger partial charge in [-0.3, -0.25) is 4.79 Å². The Hall–Kier alpha value is -2.50. The van der Waals surface area contributed by atoms with E-state index in [1.54, 1.807) is 48.5 Å². The van der Waals surface area contributed by atoms with Gasteiger partial charge in [-0.25, -0.2) is 0 Å². The van der Waals surface area contributed by atoms with Crippen LogP contribution in [0.25, 0.3) is 0 Å². The van der Waals surface area contributed by atoms with Crippen molar-refractivity contribution in [3.8, 4) is 5.75 Å². The van der Waals surface area contributed by atoms with Gasteiger partial charge in [-0.2, -0.15) is 0 Å². The van der Waals surface area contributed by atoms with Gasteiger partial charge in [0, 0.05) is 10.7 Å². The van der Waals surface area contributed by atoms with E-state index in [9.17, 15) is 4.79 Å². The summed E-state index contributed by atoms with van der Waals surface area (Å²) >= 11 is 11.9. The third-order valence-electron chi connectivity index (χ3n) is 2.91. The number of nitrogens with zero attached hydrogens (tertiary/aromatic N) is 1. The summed E-state index contributed by atoms with van der Waals surface area (Å²) < 4.78 is 5.38. The van der Waals surface area contributed by atoms with Crippen LogP contribution in [0.3, 0.4) is 0 Å². The molecule has 0 unspecified atom stereocenters. The van der Waals surface area contributed by atoms with E-state index in [2.05, 4.69) is 17.1 Å². The van der Waals surface area contributed by atoms with Gasteiger partial charge in [0.25, 0.3) is 5.91 Å². The molecule has 0 aromatic heterocycles. The van der Waals surface area contributed by atoms with Gasteiger partial charge < -0.3 is 14.9 Å². The molecule has 0 heterocycles. The number of hydrogen-bond donors (Lipinski definition) is 1. The lowest BCUT2D eigenvalue weighted by Crippen LogP contribution is -2.16. The quantitative estimate of drug-likeness (QED) is 0.416. The number of benzene rings is 2. The van der Waals surface area contributed by atoms with Crippen molar-refractivity contribution in [1.29, 1.82) is 0 Å². The number of oxime groups is 1. The van der Waals surface area contributed by atoms with E-state index >= 15 is 0 Å². The van der Waals surface area contributed by atoms with Crippen molar-refractivity contribution < 1.29 is 14.4 Å². The van der Waals surface area contributed by atoms with Crippen molar-refractivity contribution in [1.82, 2.24) is 0 Å². The van der Waals surface area contributed by atoms with Crippen molar-refractivity contribution >= 4 is 41.0 Å². The van der Waals surface area contributed by atoms with Crippen LogP contribution in [0, 0.1) is 0 Å². The van der Waals surface area contributed by atoms with Gasteiger partial charge in [-0.15, -0.1) is 0 Å². The Labute approximate surface area is 155 Å². The van der Waals surface area contributed by atoms with E-state index in [-0.39, 0.29) is 12.5 Å². The molecule has 1 N–H and O–H groups in total. The molecule has 0 aliphatic heterocycles. The van der Waals surface area contributed by atoms with Crippen LogP contribution in [0.5, 0.6) is 5.75 Å². The van der Waals surface area contributed by atoms with Crippen molar-refractivity contribution in [2.24, 2.45) is 5.16 Å². The van der Waals surface area contributed by atoms with Crippen LogP contribution in [0.2, 0.25) is 10.0 Å². The third-order valence-corrected chi connectivity index (χ3v) is 3.46. The Bertz CT molecular complexity index is 761. The second kappa shape index (κ2) is 9.71. The maximum Gasteiger partial charge on any atom is 0.265 e. The highest BCUT2D eigenvalue weighted by Crippen LogP contribution is 2.24. The summed E-state index contributed by atoms with van der Waals surface area (Å²) in [6.45, 7) is 3.73. The average Bonchev–Trinajstić information content (AvgIpc) is 2.60. The normalized spacial score (nSPS) is 10.5. The molecule has 130 valence electrons. The summed E-state index contributed by atoms with van der Waals surface area (Å²) in [4.78, 5) is 16.7. The second-order valence-electron chi connectivity index (χ2n) is 4.85. The predicted molar refractivity (Wildman–Crippen MR) is 101 cm³/mol. The number of amides is 1. The fourth-order valence-electron chi connectivity index (χ4n) is 1.79. The highest BCUT2D eigenvalue weighted by Gasteiger charge is 2.03. The van der Waals surface area contributed by atoms with E-state index < -0.39 is 0 Å². The molecular formula is C18H16Cl2N2O3. The van der Waals surface area contributed by atoms with Gasteiger partial charge in [0.15, 0.2) is 6.61 Å². The summed E-state index contributed by atoms with van der Waals surface area (Å²) in [5.74, 6) is 0.229. The van der Waals surface area contributed by atoms with Gasteiger partial charge in [0.2, 0.25) is 0 Å². The van der Waals surface area contributed by atoms with E-state index in [0.717, 1.165) is 0 Å². The molecule has 25 heavy (non-hydrogen) atoms. The Balaban J connectivity index is 1.80. The van der Waals surface area contributed by atoms with Crippen molar-refractivity contribution in [2.75, 3.05) is 18.5 Å². The number of hydrogen-bond acceptors (Lipinski definition) is 4. The molecule has 2 aromatic carbocycles. The van der Waals surface area contributed by atoms with Crippen molar-refractivity contribution in [2.45, 2.75) is 0 Å². The molecule has 0 aliphatic carbocycles. The Morgan fingerprint density at radius 3 is 2.64 bits per heavy atom. The summed E-state index contributed by atoms with van der Waals surface area (Å²) in [5.41, 5.74) is 1.35.